The predicted octanol–water partition coefficient (Wildman–Crippen LogP) is 0.661. The summed E-state index contributed by atoms with van der Waals surface area (Å²) in [5.74, 6) is 0. The zero-order chi connectivity index (χ0) is 5.98. The zero-order valence-electron chi connectivity index (χ0n) is 5.59. The van der Waals surface area contributed by atoms with Crippen LogP contribution in [0.25, 0.3) is 0 Å². The van der Waals surface area contributed by atoms with Crippen molar-refractivity contribution in [3.05, 3.63) is 29.8 Å². The summed E-state index contributed by atoms with van der Waals surface area (Å²) in [6.45, 7) is 2.00. The van der Waals surface area contributed by atoms with Gasteiger partial charge in [0.15, 0.2) is 0 Å². The van der Waals surface area contributed by atoms with Gasteiger partial charge in [0, 0.05) is 5.69 Å². The summed E-state index contributed by atoms with van der Waals surface area (Å²) in [6, 6.07) is 7.80. The predicted molar refractivity (Wildman–Crippen MR) is 44.1 cm³/mol. The van der Waals surface area contributed by atoms with Crippen LogP contribution in [-0.2, 0) is 0 Å². The van der Waals surface area contributed by atoms with Crippen LogP contribution in [0, 0.1) is 6.92 Å². The van der Waals surface area contributed by atoms with E-state index in [1.807, 2.05) is 31.2 Å². The number of nitrogen functional groups attached to an aromatic ring is 1. The van der Waals surface area contributed by atoms with Crippen molar-refractivity contribution in [1.82, 2.24) is 0 Å². The molecule has 0 atom stereocenters. The first-order chi connectivity index (χ1) is 3.80. The Hall–Kier alpha value is -0.0579. The second kappa shape index (κ2) is 3.87. The van der Waals surface area contributed by atoms with E-state index in [1.165, 1.54) is 0 Å². The van der Waals surface area contributed by atoms with E-state index in [-0.39, 0.29) is 27.3 Å². The molecule has 1 rings (SSSR count). The van der Waals surface area contributed by atoms with Crippen molar-refractivity contribution in [3.63, 3.8) is 0 Å². The SMILES string of the molecule is Cc1ccccc1N.[PbH2]. The third kappa shape index (κ3) is 2.34. The molecule has 1 aromatic rings. The van der Waals surface area contributed by atoms with E-state index in [2.05, 4.69) is 0 Å². The van der Waals surface area contributed by atoms with Crippen molar-refractivity contribution in [3.8, 4) is 0 Å². The van der Waals surface area contributed by atoms with Crippen LogP contribution in [0.4, 0.5) is 5.69 Å². The van der Waals surface area contributed by atoms with Gasteiger partial charge in [-0.05, 0) is 18.6 Å². The van der Waals surface area contributed by atoms with Gasteiger partial charge in [0.2, 0.25) is 0 Å². The number of hydrogen-bond acceptors (Lipinski definition) is 1. The molecule has 0 fully saturated rings. The van der Waals surface area contributed by atoms with Crippen LogP contribution in [0.15, 0.2) is 24.3 Å². The van der Waals surface area contributed by atoms with Crippen LogP contribution in [0.3, 0.4) is 0 Å². The van der Waals surface area contributed by atoms with Gasteiger partial charge in [-0.25, -0.2) is 0 Å². The molecule has 2 N–H and O–H groups in total. The van der Waals surface area contributed by atoms with Crippen LogP contribution in [0.5, 0.6) is 0 Å². The topological polar surface area (TPSA) is 26.0 Å². The van der Waals surface area contributed by atoms with Gasteiger partial charge in [-0.2, -0.15) is 0 Å². The number of hydrogen-bond donors (Lipinski definition) is 1. The molecule has 0 bridgehead atoms. The molecule has 0 saturated carbocycles. The molecular formula is C7H11NPb. The van der Waals surface area contributed by atoms with Crippen LogP contribution in [0.2, 0.25) is 0 Å². The summed E-state index contributed by atoms with van der Waals surface area (Å²) < 4.78 is 0. The van der Waals surface area contributed by atoms with E-state index in [0.717, 1.165) is 11.3 Å². The van der Waals surface area contributed by atoms with Gasteiger partial charge in [-0.3, -0.25) is 0 Å². The second-order valence-electron chi connectivity index (χ2n) is 1.86. The first kappa shape index (κ1) is 8.94. The number of benzene rings is 1. The molecule has 0 aliphatic heterocycles. The van der Waals surface area contributed by atoms with Crippen LogP contribution in [0.1, 0.15) is 5.56 Å². The summed E-state index contributed by atoms with van der Waals surface area (Å²) in [5, 5.41) is 0. The molecule has 0 aliphatic rings. The van der Waals surface area contributed by atoms with Crippen LogP contribution < -0.4 is 5.73 Å². The fourth-order valence-corrected chi connectivity index (χ4v) is 0.587. The molecule has 1 nitrogen and oxygen atoms in total. The van der Waals surface area contributed by atoms with E-state index in [4.69, 9.17) is 5.73 Å². The Morgan fingerprint density at radius 2 is 1.78 bits per heavy atom. The third-order valence-electron chi connectivity index (χ3n) is 1.19. The Balaban J connectivity index is 0.000000640. The monoisotopic (exact) mass is 317 g/mol. The van der Waals surface area contributed by atoms with Gasteiger partial charge in [-0.1, -0.05) is 18.2 Å². The van der Waals surface area contributed by atoms with Crippen LogP contribution in [-0.4, -0.2) is 27.3 Å². The number of para-hydroxylation sites is 1. The van der Waals surface area contributed by atoms with Crippen LogP contribution >= 0.6 is 0 Å². The number of nitrogens with two attached hydrogens (primary N) is 1. The second-order valence-corrected chi connectivity index (χ2v) is 1.86. The van der Waals surface area contributed by atoms with Crippen molar-refractivity contribution in [2.75, 3.05) is 5.73 Å². The van der Waals surface area contributed by atoms with Crippen molar-refractivity contribution >= 4 is 33.0 Å². The van der Waals surface area contributed by atoms with Crippen molar-refractivity contribution in [2.24, 2.45) is 0 Å². The molecule has 2 radical (unpaired) electrons. The van der Waals surface area contributed by atoms with Gasteiger partial charge in [0.25, 0.3) is 0 Å². The average Bonchev–Trinajstić information content (AvgIpc) is 1.77. The van der Waals surface area contributed by atoms with Crippen molar-refractivity contribution in [2.45, 2.75) is 6.92 Å². The average molecular weight is 316 g/mol. The number of aryl methyl sites for hydroxylation is 1. The Bertz CT molecular complexity index is 165. The summed E-state index contributed by atoms with van der Waals surface area (Å²) in [6.07, 6.45) is 0. The number of anilines is 1. The van der Waals surface area contributed by atoms with Crippen molar-refractivity contribution < 1.29 is 0 Å². The zero-order valence-corrected chi connectivity index (χ0v) is 11.1. The third-order valence-corrected chi connectivity index (χ3v) is 1.19. The quantitative estimate of drug-likeness (QED) is 0.552. The van der Waals surface area contributed by atoms with Gasteiger partial charge >= 0.3 is 27.3 Å². The van der Waals surface area contributed by atoms with E-state index >= 15 is 0 Å². The summed E-state index contributed by atoms with van der Waals surface area (Å²) in [4.78, 5) is 0. The van der Waals surface area contributed by atoms with E-state index < -0.39 is 0 Å². The van der Waals surface area contributed by atoms with Gasteiger partial charge in [0.05, 0.1) is 0 Å². The Morgan fingerprint density at radius 1 is 1.22 bits per heavy atom. The summed E-state index contributed by atoms with van der Waals surface area (Å²) in [5.41, 5.74) is 7.53. The minimum atomic E-state index is 0. The minimum absolute atomic E-state index is 0. The Labute approximate surface area is 75.4 Å². The molecule has 0 heterocycles. The molecule has 0 saturated heterocycles. The molecular weight excluding hydrogens is 305 g/mol. The first-order valence-corrected chi connectivity index (χ1v) is 2.62. The van der Waals surface area contributed by atoms with E-state index in [1.54, 1.807) is 0 Å². The summed E-state index contributed by atoms with van der Waals surface area (Å²) >= 11 is 0. The van der Waals surface area contributed by atoms with E-state index in [9.17, 15) is 0 Å². The molecule has 9 heavy (non-hydrogen) atoms. The van der Waals surface area contributed by atoms with Gasteiger partial charge in [-0.15, -0.1) is 0 Å². The van der Waals surface area contributed by atoms with E-state index in [0.29, 0.717) is 0 Å². The number of rotatable bonds is 0. The normalized spacial score (nSPS) is 8.11. The molecule has 0 aromatic heterocycles. The molecule has 0 aliphatic carbocycles. The molecule has 0 spiro atoms. The molecule has 0 amide bonds. The van der Waals surface area contributed by atoms with Crippen molar-refractivity contribution in [1.29, 1.82) is 0 Å². The standard InChI is InChI=1S/C7H9N.Pb.2H/c1-6-4-2-3-5-7(6)8;;;/h2-5H,8H2,1H3;;;. The Morgan fingerprint density at radius 3 is 2.11 bits per heavy atom. The summed E-state index contributed by atoms with van der Waals surface area (Å²) in [7, 11) is 0. The fraction of sp³-hybridized carbons (Fsp3) is 0.143. The fourth-order valence-electron chi connectivity index (χ4n) is 0.587. The Kier molecular flexibility index (Phi) is 3.85. The maximum absolute atomic E-state index is 5.52. The molecule has 0 unspecified atom stereocenters. The maximum atomic E-state index is 5.52. The van der Waals surface area contributed by atoms with Gasteiger partial charge < -0.3 is 5.73 Å². The molecule has 2 heteroatoms. The molecule has 1 aromatic carbocycles. The first-order valence-electron chi connectivity index (χ1n) is 2.62. The van der Waals surface area contributed by atoms with Gasteiger partial charge in [0.1, 0.15) is 0 Å². The molecule has 48 valence electrons.